The number of rotatable bonds is 0. The summed E-state index contributed by atoms with van der Waals surface area (Å²) in [5.41, 5.74) is 0. The SMILES string of the molecule is OC1C=CCO[C@@]12CCCO2. The Hall–Kier alpha value is -0.380. The Bertz CT molecular complexity index is 170. The first-order valence-electron chi connectivity index (χ1n) is 3.96. The van der Waals surface area contributed by atoms with Gasteiger partial charge in [0.05, 0.1) is 13.2 Å². The van der Waals surface area contributed by atoms with Crippen molar-refractivity contribution in [3.05, 3.63) is 12.2 Å². The minimum atomic E-state index is -0.700. The van der Waals surface area contributed by atoms with Gasteiger partial charge in [-0.2, -0.15) is 0 Å². The minimum absolute atomic E-state index is 0.553. The summed E-state index contributed by atoms with van der Waals surface area (Å²) in [5.74, 6) is -0.700. The van der Waals surface area contributed by atoms with Gasteiger partial charge in [-0.05, 0) is 6.42 Å². The van der Waals surface area contributed by atoms with Gasteiger partial charge in [0, 0.05) is 6.42 Å². The topological polar surface area (TPSA) is 38.7 Å². The van der Waals surface area contributed by atoms with Gasteiger partial charge in [0.25, 0.3) is 0 Å². The van der Waals surface area contributed by atoms with Gasteiger partial charge in [-0.1, -0.05) is 12.2 Å². The van der Waals surface area contributed by atoms with Crippen LogP contribution >= 0.6 is 0 Å². The molecule has 11 heavy (non-hydrogen) atoms. The van der Waals surface area contributed by atoms with E-state index in [-0.39, 0.29) is 0 Å². The molecule has 0 saturated carbocycles. The monoisotopic (exact) mass is 156 g/mol. The highest BCUT2D eigenvalue weighted by Crippen LogP contribution is 2.32. The number of hydrogen-bond acceptors (Lipinski definition) is 3. The van der Waals surface area contributed by atoms with Gasteiger partial charge < -0.3 is 14.6 Å². The van der Waals surface area contributed by atoms with Crippen LogP contribution in [-0.2, 0) is 9.47 Å². The Morgan fingerprint density at radius 1 is 1.45 bits per heavy atom. The molecule has 0 aromatic carbocycles. The van der Waals surface area contributed by atoms with Crippen molar-refractivity contribution in [2.45, 2.75) is 24.7 Å². The number of aliphatic hydroxyl groups is 1. The predicted octanol–water partition coefficient (Wildman–Crippen LogP) is 0.440. The molecule has 2 atom stereocenters. The van der Waals surface area contributed by atoms with Crippen molar-refractivity contribution in [2.24, 2.45) is 0 Å². The zero-order valence-corrected chi connectivity index (χ0v) is 6.32. The van der Waals surface area contributed by atoms with Crippen LogP contribution in [-0.4, -0.2) is 30.2 Å². The molecule has 0 aromatic heterocycles. The molecule has 0 radical (unpaired) electrons. The van der Waals surface area contributed by atoms with E-state index in [4.69, 9.17) is 9.47 Å². The molecule has 0 aliphatic carbocycles. The molecule has 0 bridgehead atoms. The van der Waals surface area contributed by atoms with Crippen LogP contribution in [0.15, 0.2) is 12.2 Å². The lowest BCUT2D eigenvalue weighted by molar-refractivity contribution is -0.249. The maximum absolute atomic E-state index is 9.52. The Morgan fingerprint density at radius 2 is 2.36 bits per heavy atom. The minimum Gasteiger partial charge on any atom is -0.383 e. The molecule has 1 saturated heterocycles. The molecule has 62 valence electrons. The molecule has 1 fully saturated rings. The van der Waals surface area contributed by atoms with Crippen molar-refractivity contribution in [1.82, 2.24) is 0 Å². The molecule has 0 aromatic rings. The van der Waals surface area contributed by atoms with E-state index >= 15 is 0 Å². The summed E-state index contributed by atoms with van der Waals surface area (Å²) in [5, 5.41) is 9.52. The van der Waals surface area contributed by atoms with Crippen LogP contribution in [0.5, 0.6) is 0 Å². The molecule has 3 heteroatoms. The van der Waals surface area contributed by atoms with E-state index in [0.717, 1.165) is 12.8 Å². The van der Waals surface area contributed by atoms with Crippen molar-refractivity contribution in [3.63, 3.8) is 0 Å². The van der Waals surface area contributed by atoms with Crippen LogP contribution in [0.25, 0.3) is 0 Å². The lowest BCUT2D eigenvalue weighted by Gasteiger charge is -2.33. The van der Waals surface area contributed by atoms with Crippen molar-refractivity contribution < 1.29 is 14.6 Å². The molecule has 1 N–H and O–H groups in total. The van der Waals surface area contributed by atoms with E-state index in [1.165, 1.54) is 0 Å². The molecule has 1 spiro atoms. The fraction of sp³-hybridized carbons (Fsp3) is 0.750. The summed E-state index contributed by atoms with van der Waals surface area (Å²) in [7, 11) is 0. The van der Waals surface area contributed by atoms with Crippen LogP contribution in [0.4, 0.5) is 0 Å². The third-order valence-electron chi connectivity index (χ3n) is 2.21. The largest absolute Gasteiger partial charge is 0.383 e. The van der Waals surface area contributed by atoms with E-state index in [9.17, 15) is 5.11 Å². The fourth-order valence-electron chi connectivity index (χ4n) is 1.59. The molecule has 1 unspecified atom stereocenters. The number of aliphatic hydroxyl groups excluding tert-OH is 1. The summed E-state index contributed by atoms with van der Waals surface area (Å²) >= 11 is 0. The normalized spacial score (nSPS) is 43.5. The van der Waals surface area contributed by atoms with Crippen molar-refractivity contribution in [2.75, 3.05) is 13.2 Å². The predicted molar refractivity (Wildman–Crippen MR) is 39.0 cm³/mol. The zero-order chi connectivity index (χ0) is 7.73. The molecule has 2 rings (SSSR count). The Kier molecular flexibility index (Phi) is 1.71. The second-order valence-electron chi connectivity index (χ2n) is 2.95. The van der Waals surface area contributed by atoms with Crippen molar-refractivity contribution in [1.29, 1.82) is 0 Å². The smallest absolute Gasteiger partial charge is 0.198 e. The first-order chi connectivity index (χ1) is 5.33. The first kappa shape index (κ1) is 7.28. The van der Waals surface area contributed by atoms with E-state index in [0.29, 0.717) is 13.2 Å². The van der Waals surface area contributed by atoms with Gasteiger partial charge in [0.2, 0.25) is 0 Å². The summed E-state index contributed by atoms with van der Waals surface area (Å²) in [6, 6.07) is 0. The maximum Gasteiger partial charge on any atom is 0.198 e. The fourth-order valence-corrected chi connectivity index (χ4v) is 1.59. The third kappa shape index (κ3) is 1.09. The van der Waals surface area contributed by atoms with Gasteiger partial charge in [-0.25, -0.2) is 0 Å². The maximum atomic E-state index is 9.52. The van der Waals surface area contributed by atoms with Crippen LogP contribution in [0.3, 0.4) is 0 Å². The summed E-state index contributed by atoms with van der Waals surface area (Å²) < 4.78 is 10.7. The standard InChI is InChI=1S/C8H12O3/c9-7-3-1-5-10-8(7)4-2-6-11-8/h1,3,7,9H,2,4-6H2/t7?,8-/m1/s1. The molecule has 0 amide bonds. The van der Waals surface area contributed by atoms with E-state index in [1.54, 1.807) is 6.08 Å². The third-order valence-corrected chi connectivity index (χ3v) is 2.21. The summed E-state index contributed by atoms with van der Waals surface area (Å²) in [6.45, 7) is 1.25. The highest BCUT2D eigenvalue weighted by molar-refractivity contribution is 5.02. The van der Waals surface area contributed by atoms with Gasteiger partial charge in [0.1, 0.15) is 6.10 Å². The van der Waals surface area contributed by atoms with Gasteiger partial charge >= 0.3 is 0 Å². The highest BCUT2D eigenvalue weighted by Gasteiger charge is 2.43. The summed E-state index contributed by atoms with van der Waals surface area (Å²) in [4.78, 5) is 0. The molecule has 3 nitrogen and oxygen atoms in total. The lowest BCUT2D eigenvalue weighted by Crippen LogP contribution is -2.45. The van der Waals surface area contributed by atoms with Crippen LogP contribution in [0.1, 0.15) is 12.8 Å². The van der Waals surface area contributed by atoms with Crippen LogP contribution in [0, 0.1) is 0 Å². The molecular formula is C8H12O3. The summed E-state index contributed by atoms with van der Waals surface area (Å²) in [6.07, 6.45) is 4.76. The molecule has 2 aliphatic rings. The van der Waals surface area contributed by atoms with E-state index in [2.05, 4.69) is 0 Å². The van der Waals surface area contributed by atoms with Gasteiger partial charge in [-0.3, -0.25) is 0 Å². The average molecular weight is 156 g/mol. The number of ether oxygens (including phenoxy) is 2. The second-order valence-corrected chi connectivity index (χ2v) is 2.95. The highest BCUT2D eigenvalue weighted by atomic mass is 16.7. The molecular weight excluding hydrogens is 144 g/mol. The Morgan fingerprint density at radius 3 is 3.00 bits per heavy atom. The van der Waals surface area contributed by atoms with Gasteiger partial charge in [-0.15, -0.1) is 0 Å². The molecule has 2 heterocycles. The second kappa shape index (κ2) is 2.59. The first-order valence-corrected chi connectivity index (χ1v) is 3.96. The zero-order valence-electron chi connectivity index (χ0n) is 6.32. The Balaban J connectivity index is 2.16. The van der Waals surface area contributed by atoms with E-state index in [1.807, 2.05) is 6.08 Å². The lowest BCUT2D eigenvalue weighted by atomic mass is 10.0. The quantitative estimate of drug-likeness (QED) is 0.517. The van der Waals surface area contributed by atoms with E-state index < -0.39 is 11.9 Å². The van der Waals surface area contributed by atoms with Crippen LogP contribution in [0.2, 0.25) is 0 Å². The van der Waals surface area contributed by atoms with Gasteiger partial charge in [0.15, 0.2) is 5.79 Å². The molecule has 2 aliphatic heterocycles. The average Bonchev–Trinajstić information content (AvgIpc) is 2.46. The Labute approximate surface area is 65.6 Å². The van der Waals surface area contributed by atoms with Crippen molar-refractivity contribution in [3.8, 4) is 0 Å². The number of hydrogen-bond donors (Lipinski definition) is 1. The van der Waals surface area contributed by atoms with Crippen molar-refractivity contribution >= 4 is 0 Å². The van der Waals surface area contributed by atoms with Crippen LogP contribution < -0.4 is 0 Å².